The van der Waals surface area contributed by atoms with E-state index in [-0.39, 0.29) is 5.92 Å². The molecule has 1 aliphatic rings. The lowest BCUT2D eigenvalue weighted by molar-refractivity contribution is 0.0765. The minimum atomic E-state index is -0.648. The van der Waals surface area contributed by atoms with E-state index in [1.807, 2.05) is 0 Å². The highest BCUT2D eigenvalue weighted by atomic mass is 16.3. The third-order valence-electron chi connectivity index (χ3n) is 2.44. The molecule has 0 amide bonds. The first kappa shape index (κ1) is 10.5. The van der Waals surface area contributed by atoms with Gasteiger partial charge < -0.3 is 10.4 Å². The van der Waals surface area contributed by atoms with Crippen LogP contribution >= 0.6 is 0 Å². The van der Waals surface area contributed by atoms with Crippen molar-refractivity contribution in [3.8, 4) is 6.07 Å². The van der Waals surface area contributed by atoms with Crippen LogP contribution in [0.2, 0.25) is 0 Å². The zero-order chi connectivity index (χ0) is 9.90. The Labute approximate surface area is 79.8 Å². The highest BCUT2D eigenvalue weighted by Gasteiger charge is 2.25. The van der Waals surface area contributed by atoms with Gasteiger partial charge in [0.15, 0.2) is 0 Å². The molecule has 0 bridgehead atoms. The van der Waals surface area contributed by atoms with Gasteiger partial charge >= 0.3 is 0 Å². The second-order valence-electron chi connectivity index (χ2n) is 4.53. The summed E-state index contributed by atoms with van der Waals surface area (Å²) in [6, 6.07) is 2.72. The molecular formula is C10H18N2O. The summed E-state index contributed by atoms with van der Waals surface area (Å²) in [5, 5.41) is 21.4. The van der Waals surface area contributed by atoms with Gasteiger partial charge in [-0.15, -0.1) is 0 Å². The van der Waals surface area contributed by atoms with E-state index < -0.39 is 5.60 Å². The predicted molar refractivity (Wildman–Crippen MR) is 51.0 cm³/mol. The first-order valence-corrected chi connectivity index (χ1v) is 4.86. The Balaban J connectivity index is 2.22. The number of nitriles is 1. The van der Waals surface area contributed by atoms with Crippen LogP contribution in [0.15, 0.2) is 0 Å². The SMILES string of the molecule is CC(C)(O)CNC1CCC(C#N)C1. The van der Waals surface area contributed by atoms with Crippen LogP contribution in [0, 0.1) is 17.2 Å². The van der Waals surface area contributed by atoms with Gasteiger partial charge in [-0.05, 0) is 33.1 Å². The molecule has 2 unspecified atom stereocenters. The van der Waals surface area contributed by atoms with E-state index in [9.17, 15) is 5.11 Å². The molecule has 2 N–H and O–H groups in total. The molecule has 0 saturated heterocycles. The molecule has 2 atom stereocenters. The summed E-state index contributed by atoms with van der Waals surface area (Å²) >= 11 is 0. The third kappa shape index (κ3) is 3.75. The average Bonchev–Trinajstić information content (AvgIpc) is 2.47. The molecule has 1 rings (SSSR count). The lowest BCUT2D eigenvalue weighted by atomic mass is 10.1. The van der Waals surface area contributed by atoms with Crippen LogP contribution in [0.1, 0.15) is 33.1 Å². The summed E-state index contributed by atoms with van der Waals surface area (Å²) in [6.45, 7) is 4.18. The molecule has 0 heterocycles. The van der Waals surface area contributed by atoms with Crippen LogP contribution in [0.4, 0.5) is 0 Å². The first-order chi connectivity index (χ1) is 6.01. The summed E-state index contributed by atoms with van der Waals surface area (Å²) in [4.78, 5) is 0. The van der Waals surface area contributed by atoms with Gasteiger partial charge in [-0.1, -0.05) is 0 Å². The summed E-state index contributed by atoms with van der Waals surface area (Å²) in [5.41, 5.74) is -0.648. The van der Waals surface area contributed by atoms with Crippen LogP contribution in [-0.2, 0) is 0 Å². The van der Waals surface area contributed by atoms with Crippen molar-refractivity contribution in [2.45, 2.75) is 44.8 Å². The van der Waals surface area contributed by atoms with Crippen molar-refractivity contribution in [2.75, 3.05) is 6.54 Å². The van der Waals surface area contributed by atoms with Crippen LogP contribution in [0.5, 0.6) is 0 Å². The molecular weight excluding hydrogens is 164 g/mol. The van der Waals surface area contributed by atoms with Gasteiger partial charge in [0.2, 0.25) is 0 Å². The molecule has 0 aromatic rings. The maximum absolute atomic E-state index is 9.47. The van der Waals surface area contributed by atoms with E-state index in [4.69, 9.17) is 5.26 Å². The summed E-state index contributed by atoms with van der Waals surface area (Å²) in [5.74, 6) is 0.222. The topological polar surface area (TPSA) is 56.0 Å². The molecule has 0 aromatic heterocycles. The molecule has 0 spiro atoms. The van der Waals surface area contributed by atoms with E-state index in [2.05, 4.69) is 11.4 Å². The van der Waals surface area contributed by atoms with Crippen LogP contribution in [0.3, 0.4) is 0 Å². The summed E-state index contributed by atoms with van der Waals surface area (Å²) < 4.78 is 0. The molecule has 13 heavy (non-hydrogen) atoms. The van der Waals surface area contributed by atoms with Crippen molar-refractivity contribution >= 4 is 0 Å². The van der Waals surface area contributed by atoms with Crippen molar-refractivity contribution in [3.63, 3.8) is 0 Å². The highest BCUT2D eigenvalue weighted by molar-refractivity contribution is 4.93. The molecule has 3 heteroatoms. The molecule has 1 aliphatic carbocycles. The van der Waals surface area contributed by atoms with Crippen molar-refractivity contribution in [3.05, 3.63) is 0 Å². The molecule has 0 radical (unpaired) electrons. The van der Waals surface area contributed by atoms with Gasteiger partial charge in [0.05, 0.1) is 11.7 Å². The second-order valence-corrected chi connectivity index (χ2v) is 4.53. The largest absolute Gasteiger partial charge is 0.389 e. The van der Waals surface area contributed by atoms with Gasteiger partial charge in [-0.3, -0.25) is 0 Å². The van der Waals surface area contributed by atoms with Crippen molar-refractivity contribution < 1.29 is 5.11 Å². The van der Waals surface area contributed by atoms with Crippen molar-refractivity contribution in [2.24, 2.45) is 5.92 Å². The Morgan fingerprint density at radius 2 is 2.23 bits per heavy atom. The van der Waals surface area contributed by atoms with Crippen LogP contribution in [0.25, 0.3) is 0 Å². The van der Waals surface area contributed by atoms with Gasteiger partial charge in [-0.25, -0.2) is 0 Å². The summed E-state index contributed by atoms with van der Waals surface area (Å²) in [7, 11) is 0. The molecule has 0 aromatic carbocycles. The third-order valence-corrected chi connectivity index (χ3v) is 2.44. The van der Waals surface area contributed by atoms with E-state index in [0.29, 0.717) is 12.6 Å². The minimum Gasteiger partial charge on any atom is -0.389 e. The molecule has 1 saturated carbocycles. The second kappa shape index (κ2) is 4.08. The van der Waals surface area contributed by atoms with Gasteiger partial charge in [0, 0.05) is 18.5 Å². The van der Waals surface area contributed by atoms with Gasteiger partial charge in [-0.2, -0.15) is 5.26 Å². The highest BCUT2D eigenvalue weighted by Crippen LogP contribution is 2.24. The predicted octanol–water partition coefficient (Wildman–Crippen LogP) is 1.04. The van der Waals surface area contributed by atoms with Gasteiger partial charge in [0.1, 0.15) is 0 Å². The zero-order valence-corrected chi connectivity index (χ0v) is 8.38. The molecule has 3 nitrogen and oxygen atoms in total. The fourth-order valence-electron chi connectivity index (χ4n) is 1.68. The number of hydrogen-bond acceptors (Lipinski definition) is 3. The Hall–Kier alpha value is -0.590. The van der Waals surface area contributed by atoms with E-state index in [0.717, 1.165) is 19.3 Å². The normalized spacial score (nSPS) is 28.8. The maximum atomic E-state index is 9.47. The Morgan fingerprint density at radius 3 is 2.69 bits per heavy atom. The molecule has 74 valence electrons. The van der Waals surface area contributed by atoms with Gasteiger partial charge in [0.25, 0.3) is 0 Å². The van der Waals surface area contributed by atoms with Crippen LogP contribution < -0.4 is 5.32 Å². The van der Waals surface area contributed by atoms with E-state index >= 15 is 0 Å². The fourth-order valence-corrected chi connectivity index (χ4v) is 1.68. The Morgan fingerprint density at radius 1 is 1.54 bits per heavy atom. The Bertz CT molecular complexity index is 202. The fraction of sp³-hybridized carbons (Fsp3) is 0.900. The lowest BCUT2D eigenvalue weighted by Crippen LogP contribution is -2.39. The zero-order valence-electron chi connectivity index (χ0n) is 8.38. The van der Waals surface area contributed by atoms with Crippen molar-refractivity contribution in [1.82, 2.24) is 5.32 Å². The summed E-state index contributed by atoms with van der Waals surface area (Å²) in [6.07, 6.45) is 3.00. The lowest BCUT2D eigenvalue weighted by Gasteiger charge is -2.21. The first-order valence-electron chi connectivity index (χ1n) is 4.86. The molecule has 1 fully saturated rings. The molecule has 0 aliphatic heterocycles. The number of aliphatic hydroxyl groups is 1. The van der Waals surface area contributed by atoms with Crippen LogP contribution in [-0.4, -0.2) is 23.3 Å². The quantitative estimate of drug-likeness (QED) is 0.685. The maximum Gasteiger partial charge on any atom is 0.0715 e. The van der Waals surface area contributed by atoms with Crippen molar-refractivity contribution in [1.29, 1.82) is 5.26 Å². The average molecular weight is 182 g/mol. The van der Waals surface area contributed by atoms with E-state index in [1.165, 1.54) is 0 Å². The standard InChI is InChI=1S/C10H18N2O/c1-10(2,13)7-12-9-4-3-8(5-9)6-11/h8-9,12-13H,3-5,7H2,1-2H3. The number of hydrogen-bond donors (Lipinski definition) is 2. The minimum absolute atomic E-state index is 0.222. The number of nitrogens with zero attached hydrogens (tertiary/aromatic N) is 1. The van der Waals surface area contributed by atoms with E-state index in [1.54, 1.807) is 13.8 Å². The number of rotatable bonds is 3. The smallest absolute Gasteiger partial charge is 0.0715 e. The number of nitrogens with one attached hydrogen (secondary N) is 1. The monoisotopic (exact) mass is 182 g/mol. The Kier molecular flexibility index (Phi) is 3.29.